The molecule has 3 aromatic carbocycles. The van der Waals surface area contributed by atoms with E-state index in [-0.39, 0.29) is 11.6 Å². The van der Waals surface area contributed by atoms with Crippen LogP contribution in [0.4, 0.5) is 8.78 Å². The number of hydrogen-bond donors (Lipinski definition) is 0. The minimum atomic E-state index is -0.354. The average molecular weight is 345 g/mol. The van der Waals surface area contributed by atoms with Crippen LogP contribution in [0, 0.1) is 18.6 Å². The second-order valence-corrected chi connectivity index (χ2v) is 6.42. The Morgan fingerprint density at radius 1 is 0.769 bits per heavy atom. The molecule has 0 N–H and O–H groups in total. The molecule has 0 fully saturated rings. The van der Waals surface area contributed by atoms with Crippen LogP contribution in [0.2, 0.25) is 0 Å². The topological polar surface area (TPSA) is 30.2 Å². The summed E-state index contributed by atoms with van der Waals surface area (Å²) in [4.78, 5) is 0. The Morgan fingerprint density at radius 2 is 1.46 bits per heavy atom. The largest absolute Gasteiger partial charge is 0.211 e. The highest BCUT2D eigenvalue weighted by Crippen LogP contribution is 2.34. The summed E-state index contributed by atoms with van der Waals surface area (Å²) in [6, 6.07) is 17.0. The molecule has 0 radical (unpaired) electrons. The highest BCUT2D eigenvalue weighted by Gasteiger charge is 2.17. The molecule has 2 aromatic heterocycles. The molecule has 5 aromatic rings. The van der Waals surface area contributed by atoms with Crippen LogP contribution in [-0.2, 0) is 0 Å². The van der Waals surface area contributed by atoms with Crippen molar-refractivity contribution in [2.45, 2.75) is 6.92 Å². The molecule has 0 saturated carbocycles. The van der Waals surface area contributed by atoms with Crippen molar-refractivity contribution in [3.8, 4) is 11.3 Å². The zero-order chi connectivity index (χ0) is 17.8. The summed E-state index contributed by atoms with van der Waals surface area (Å²) in [6.45, 7) is 2.01. The SMILES string of the molecule is Cc1ccc(-c2nnn3c4cc(F)ccc4c4ccc(F)cc4c23)cc1. The first-order chi connectivity index (χ1) is 12.6. The molecule has 3 nitrogen and oxygen atoms in total. The second kappa shape index (κ2) is 5.33. The van der Waals surface area contributed by atoms with Crippen molar-refractivity contribution in [1.82, 2.24) is 14.8 Å². The van der Waals surface area contributed by atoms with Gasteiger partial charge in [0.05, 0.1) is 5.52 Å². The molecule has 0 unspecified atom stereocenters. The molecule has 0 bridgehead atoms. The molecule has 0 amide bonds. The van der Waals surface area contributed by atoms with Gasteiger partial charge in [0.1, 0.15) is 22.8 Å². The highest BCUT2D eigenvalue weighted by molar-refractivity contribution is 6.14. The lowest BCUT2D eigenvalue weighted by molar-refractivity contribution is 0.628. The Balaban J connectivity index is 2.01. The number of fused-ring (bicyclic) bond motifs is 6. The maximum Gasteiger partial charge on any atom is 0.125 e. The highest BCUT2D eigenvalue weighted by atomic mass is 19.1. The van der Waals surface area contributed by atoms with E-state index in [1.807, 2.05) is 31.2 Å². The number of aromatic nitrogens is 3. The van der Waals surface area contributed by atoms with E-state index in [0.29, 0.717) is 22.1 Å². The first kappa shape index (κ1) is 15.0. The van der Waals surface area contributed by atoms with E-state index in [1.165, 1.54) is 24.3 Å². The van der Waals surface area contributed by atoms with E-state index in [1.54, 1.807) is 16.6 Å². The van der Waals surface area contributed by atoms with Gasteiger partial charge < -0.3 is 0 Å². The number of pyridine rings is 1. The number of rotatable bonds is 1. The van der Waals surface area contributed by atoms with Crippen LogP contribution >= 0.6 is 0 Å². The Hall–Kier alpha value is -3.34. The van der Waals surface area contributed by atoms with Gasteiger partial charge in [-0.15, -0.1) is 5.10 Å². The number of hydrogen-bond acceptors (Lipinski definition) is 2. The Labute approximate surface area is 147 Å². The van der Waals surface area contributed by atoms with Gasteiger partial charge in [0, 0.05) is 22.4 Å². The Bertz CT molecular complexity index is 1300. The zero-order valence-corrected chi connectivity index (χ0v) is 13.9. The summed E-state index contributed by atoms with van der Waals surface area (Å²) >= 11 is 0. The quantitative estimate of drug-likeness (QED) is 0.387. The first-order valence-electron chi connectivity index (χ1n) is 8.25. The maximum absolute atomic E-state index is 14.0. The normalized spacial score (nSPS) is 11.7. The molecule has 5 heteroatoms. The molecule has 5 rings (SSSR count). The number of nitrogens with zero attached hydrogens (tertiary/aromatic N) is 3. The summed E-state index contributed by atoms with van der Waals surface area (Å²) in [6.07, 6.45) is 0. The smallest absolute Gasteiger partial charge is 0.125 e. The fraction of sp³-hybridized carbons (Fsp3) is 0.0476. The molecule has 0 aliphatic heterocycles. The van der Waals surface area contributed by atoms with Crippen molar-refractivity contribution >= 4 is 27.2 Å². The molecule has 0 aliphatic rings. The first-order valence-corrected chi connectivity index (χ1v) is 8.25. The fourth-order valence-electron chi connectivity index (χ4n) is 3.45. The van der Waals surface area contributed by atoms with E-state index in [4.69, 9.17) is 0 Å². The van der Waals surface area contributed by atoms with Gasteiger partial charge in [-0.3, -0.25) is 0 Å². The molecule has 0 spiro atoms. The van der Waals surface area contributed by atoms with Gasteiger partial charge >= 0.3 is 0 Å². The zero-order valence-electron chi connectivity index (χ0n) is 13.9. The minimum absolute atomic E-state index is 0.336. The van der Waals surface area contributed by atoms with Crippen LogP contribution in [0.5, 0.6) is 0 Å². The lowest BCUT2D eigenvalue weighted by Crippen LogP contribution is -1.94. The maximum atomic E-state index is 14.0. The van der Waals surface area contributed by atoms with Crippen LogP contribution < -0.4 is 0 Å². The van der Waals surface area contributed by atoms with Crippen molar-refractivity contribution in [2.75, 3.05) is 0 Å². The number of benzene rings is 3. The molecule has 2 heterocycles. The van der Waals surface area contributed by atoms with Gasteiger partial charge in [-0.2, -0.15) is 0 Å². The summed E-state index contributed by atoms with van der Waals surface area (Å²) in [7, 11) is 0. The van der Waals surface area contributed by atoms with E-state index >= 15 is 0 Å². The molecule has 26 heavy (non-hydrogen) atoms. The predicted octanol–water partition coefficient (Wildman–Crippen LogP) is 5.29. The van der Waals surface area contributed by atoms with Crippen LogP contribution in [0.25, 0.3) is 38.4 Å². The summed E-state index contributed by atoms with van der Waals surface area (Å²) in [5.74, 6) is -0.690. The van der Waals surface area contributed by atoms with Crippen LogP contribution in [0.3, 0.4) is 0 Å². The molecule has 126 valence electrons. The van der Waals surface area contributed by atoms with E-state index in [0.717, 1.165) is 21.9 Å². The standard InChI is InChI=1S/C21H13F2N3/c1-12-2-4-13(5-3-12)20-21-18-10-14(22)6-8-16(18)17-9-7-15(23)11-19(17)26(21)25-24-20/h2-11H,1H3. The van der Waals surface area contributed by atoms with Crippen molar-refractivity contribution in [1.29, 1.82) is 0 Å². The fourth-order valence-corrected chi connectivity index (χ4v) is 3.45. The van der Waals surface area contributed by atoms with Gasteiger partial charge in [-0.05, 0) is 36.6 Å². The second-order valence-electron chi connectivity index (χ2n) is 6.42. The van der Waals surface area contributed by atoms with Gasteiger partial charge in [0.2, 0.25) is 0 Å². The van der Waals surface area contributed by atoms with E-state index < -0.39 is 0 Å². The van der Waals surface area contributed by atoms with Crippen LogP contribution in [0.15, 0.2) is 60.7 Å². The van der Waals surface area contributed by atoms with Crippen molar-refractivity contribution in [3.05, 3.63) is 77.9 Å². The molecule has 0 atom stereocenters. The minimum Gasteiger partial charge on any atom is -0.211 e. The summed E-state index contributed by atoms with van der Waals surface area (Å²) in [5, 5.41) is 10.9. The lowest BCUT2D eigenvalue weighted by atomic mass is 10.0. The summed E-state index contributed by atoms with van der Waals surface area (Å²) in [5.41, 5.74) is 3.93. The van der Waals surface area contributed by atoms with Gasteiger partial charge in [-0.25, -0.2) is 13.3 Å². The predicted molar refractivity (Wildman–Crippen MR) is 98.1 cm³/mol. The van der Waals surface area contributed by atoms with Crippen LogP contribution in [0.1, 0.15) is 5.56 Å². The van der Waals surface area contributed by atoms with E-state index in [2.05, 4.69) is 10.3 Å². The monoisotopic (exact) mass is 345 g/mol. The Morgan fingerprint density at radius 3 is 2.23 bits per heavy atom. The lowest BCUT2D eigenvalue weighted by Gasteiger charge is -2.09. The van der Waals surface area contributed by atoms with Crippen LogP contribution in [-0.4, -0.2) is 14.8 Å². The number of halogens is 2. The molecular formula is C21H13F2N3. The van der Waals surface area contributed by atoms with Crippen molar-refractivity contribution in [2.24, 2.45) is 0 Å². The average Bonchev–Trinajstić information content (AvgIpc) is 3.08. The summed E-state index contributed by atoms with van der Waals surface area (Å²) < 4.78 is 29.5. The van der Waals surface area contributed by atoms with Gasteiger partial charge in [-0.1, -0.05) is 41.1 Å². The molecule has 0 saturated heterocycles. The third kappa shape index (κ3) is 2.10. The van der Waals surface area contributed by atoms with E-state index in [9.17, 15) is 8.78 Å². The van der Waals surface area contributed by atoms with Crippen molar-refractivity contribution < 1.29 is 8.78 Å². The molecular weight excluding hydrogens is 332 g/mol. The third-order valence-electron chi connectivity index (χ3n) is 4.71. The van der Waals surface area contributed by atoms with Gasteiger partial charge in [0.25, 0.3) is 0 Å². The van der Waals surface area contributed by atoms with Crippen molar-refractivity contribution in [3.63, 3.8) is 0 Å². The van der Waals surface area contributed by atoms with Gasteiger partial charge in [0.15, 0.2) is 0 Å². The third-order valence-corrected chi connectivity index (χ3v) is 4.71. The molecule has 0 aliphatic carbocycles. The Kier molecular flexibility index (Phi) is 3.06. The number of aryl methyl sites for hydroxylation is 1.